The molecule has 1 aromatic rings. The number of hydrogen-bond acceptors (Lipinski definition) is 4. The third-order valence-corrected chi connectivity index (χ3v) is 5.44. The fourth-order valence-electron chi connectivity index (χ4n) is 4.30. The number of carbonyl (C=O) groups excluding carboxylic acids is 1. The highest BCUT2D eigenvalue weighted by Gasteiger charge is 2.41. The van der Waals surface area contributed by atoms with Gasteiger partial charge in [0.2, 0.25) is 0 Å². The zero-order chi connectivity index (χ0) is 19.1. The summed E-state index contributed by atoms with van der Waals surface area (Å²) >= 11 is 0. The predicted molar refractivity (Wildman–Crippen MR) is 87.4 cm³/mol. The van der Waals surface area contributed by atoms with Crippen LogP contribution in [0.1, 0.15) is 48.0 Å². The summed E-state index contributed by atoms with van der Waals surface area (Å²) in [5.41, 5.74) is 3.70. The Hall–Kier alpha value is -2.16. The Morgan fingerprint density at radius 3 is 2.38 bits per heavy atom. The van der Waals surface area contributed by atoms with Gasteiger partial charge in [0.15, 0.2) is 0 Å². The number of halogens is 3. The molecule has 0 heterocycles. The molecule has 1 aromatic carbocycles. The van der Waals surface area contributed by atoms with E-state index < -0.39 is 28.3 Å². The van der Waals surface area contributed by atoms with Gasteiger partial charge in [0, 0.05) is 18.2 Å². The van der Waals surface area contributed by atoms with Crippen LogP contribution in [-0.2, 0) is 6.18 Å². The summed E-state index contributed by atoms with van der Waals surface area (Å²) in [6, 6.07) is 1.92. The highest BCUT2D eigenvalue weighted by Crippen LogP contribution is 2.40. The van der Waals surface area contributed by atoms with Gasteiger partial charge in [0.25, 0.3) is 11.6 Å². The number of nitrogens with one attached hydrogen (secondary N) is 1. The van der Waals surface area contributed by atoms with Gasteiger partial charge in [-0.3, -0.25) is 14.9 Å². The number of nitro benzene ring substituents is 1. The molecule has 2 aliphatic carbocycles. The van der Waals surface area contributed by atoms with Crippen LogP contribution in [-0.4, -0.2) is 22.9 Å². The molecular formula is C17H20F3N3O3. The molecule has 142 valence electrons. The van der Waals surface area contributed by atoms with Crippen LogP contribution in [0.15, 0.2) is 18.2 Å². The van der Waals surface area contributed by atoms with Gasteiger partial charge in [0.1, 0.15) is 5.56 Å². The SMILES string of the molecule is NC1CC2CCCC(C1)C2NC(=O)c1ccc(C(F)(F)F)cc1[N+](=O)[O-]. The van der Waals surface area contributed by atoms with Crippen molar-refractivity contribution < 1.29 is 22.9 Å². The van der Waals surface area contributed by atoms with Crippen molar-refractivity contribution in [3.63, 3.8) is 0 Å². The fourth-order valence-corrected chi connectivity index (χ4v) is 4.30. The molecule has 1 amide bonds. The Bertz CT molecular complexity index is 709. The molecule has 2 bridgehead atoms. The summed E-state index contributed by atoms with van der Waals surface area (Å²) in [4.78, 5) is 22.8. The van der Waals surface area contributed by atoms with Gasteiger partial charge in [-0.25, -0.2) is 0 Å². The van der Waals surface area contributed by atoms with E-state index in [4.69, 9.17) is 5.73 Å². The van der Waals surface area contributed by atoms with E-state index in [9.17, 15) is 28.1 Å². The minimum absolute atomic E-state index is 0.0823. The van der Waals surface area contributed by atoms with E-state index in [0.717, 1.165) is 38.2 Å². The minimum Gasteiger partial charge on any atom is -0.349 e. The van der Waals surface area contributed by atoms with E-state index in [2.05, 4.69) is 5.32 Å². The summed E-state index contributed by atoms with van der Waals surface area (Å²) in [6.07, 6.45) is -0.271. The number of nitrogens with two attached hydrogens (primary N) is 1. The first-order valence-corrected chi connectivity index (χ1v) is 8.59. The second kappa shape index (κ2) is 6.86. The van der Waals surface area contributed by atoms with E-state index in [1.807, 2.05) is 0 Å². The van der Waals surface area contributed by atoms with Crippen LogP contribution < -0.4 is 11.1 Å². The van der Waals surface area contributed by atoms with E-state index in [-0.39, 0.29) is 29.5 Å². The lowest BCUT2D eigenvalue weighted by molar-refractivity contribution is -0.385. The third-order valence-electron chi connectivity index (χ3n) is 5.44. The lowest BCUT2D eigenvalue weighted by atomic mass is 9.67. The number of amides is 1. The van der Waals surface area contributed by atoms with Crippen LogP contribution >= 0.6 is 0 Å². The van der Waals surface area contributed by atoms with Crippen LogP contribution in [0, 0.1) is 22.0 Å². The predicted octanol–water partition coefficient (Wildman–Crippen LogP) is 3.25. The van der Waals surface area contributed by atoms with E-state index >= 15 is 0 Å². The molecule has 0 aliphatic heterocycles. The smallest absolute Gasteiger partial charge is 0.349 e. The Balaban J connectivity index is 1.85. The summed E-state index contributed by atoms with van der Waals surface area (Å²) in [5.74, 6) is -0.298. The molecule has 26 heavy (non-hydrogen) atoms. The first kappa shape index (κ1) is 18.6. The standard InChI is InChI=1S/C17H20F3N3O3/c18-17(19,20)11-4-5-13(14(8-11)23(25)26)16(24)22-15-9-2-1-3-10(15)7-12(21)6-9/h4-5,8-10,12,15H,1-3,6-7,21H2,(H,22,24). The second-order valence-electron chi connectivity index (χ2n) is 7.17. The van der Waals surface area contributed by atoms with Gasteiger partial charge < -0.3 is 11.1 Å². The number of fused-ring (bicyclic) bond motifs is 2. The maximum atomic E-state index is 12.8. The Morgan fingerprint density at radius 1 is 1.23 bits per heavy atom. The number of nitro groups is 1. The van der Waals surface area contributed by atoms with E-state index in [0.29, 0.717) is 12.1 Å². The molecule has 3 rings (SSSR count). The van der Waals surface area contributed by atoms with E-state index in [1.54, 1.807) is 0 Å². The molecule has 0 aromatic heterocycles. The molecule has 2 fully saturated rings. The average molecular weight is 371 g/mol. The maximum Gasteiger partial charge on any atom is 0.416 e. The third kappa shape index (κ3) is 3.67. The quantitative estimate of drug-likeness (QED) is 0.629. The van der Waals surface area contributed by atoms with Crippen LogP contribution in [0.5, 0.6) is 0 Å². The number of nitrogens with zero attached hydrogens (tertiary/aromatic N) is 1. The van der Waals surface area contributed by atoms with Crippen LogP contribution in [0.4, 0.5) is 18.9 Å². The zero-order valence-corrected chi connectivity index (χ0v) is 14.0. The van der Waals surface area contributed by atoms with Crippen molar-refractivity contribution >= 4 is 11.6 Å². The molecule has 0 saturated heterocycles. The van der Waals surface area contributed by atoms with Gasteiger partial charge in [-0.05, 0) is 49.7 Å². The van der Waals surface area contributed by atoms with Gasteiger partial charge >= 0.3 is 6.18 Å². The normalized spacial score (nSPS) is 28.5. The molecule has 2 saturated carbocycles. The lowest BCUT2D eigenvalue weighted by Gasteiger charge is -2.45. The molecule has 6 nitrogen and oxygen atoms in total. The number of hydrogen-bond donors (Lipinski definition) is 2. The first-order chi connectivity index (χ1) is 12.2. The van der Waals surface area contributed by atoms with Crippen molar-refractivity contribution in [2.75, 3.05) is 0 Å². The van der Waals surface area contributed by atoms with Crippen molar-refractivity contribution in [2.45, 2.75) is 50.4 Å². The first-order valence-electron chi connectivity index (χ1n) is 8.59. The summed E-state index contributed by atoms with van der Waals surface area (Å²) in [5, 5.41) is 14.0. The molecule has 0 radical (unpaired) electrons. The summed E-state index contributed by atoms with van der Waals surface area (Å²) in [6.45, 7) is 0. The van der Waals surface area contributed by atoms with Crippen LogP contribution in [0.3, 0.4) is 0 Å². The van der Waals surface area contributed by atoms with E-state index in [1.165, 1.54) is 0 Å². The Morgan fingerprint density at radius 2 is 1.85 bits per heavy atom. The minimum atomic E-state index is -4.71. The monoisotopic (exact) mass is 371 g/mol. The van der Waals surface area contributed by atoms with Crippen LogP contribution in [0.25, 0.3) is 0 Å². The van der Waals surface area contributed by atoms with Gasteiger partial charge in [-0.2, -0.15) is 13.2 Å². The molecule has 2 atom stereocenters. The van der Waals surface area contributed by atoms with Crippen molar-refractivity contribution in [3.8, 4) is 0 Å². The molecule has 2 unspecified atom stereocenters. The zero-order valence-electron chi connectivity index (χ0n) is 14.0. The Labute approximate surface area is 148 Å². The van der Waals surface area contributed by atoms with Crippen molar-refractivity contribution in [3.05, 3.63) is 39.4 Å². The van der Waals surface area contributed by atoms with Gasteiger partial charge in [0.05, 0.1) is 10.5 Å². The van der Waals surface area contributed by atoms with Gasteiger partial charge in [-0.15, -0.1) is 0 Å². The fraction of sp³-hybridized carbons (Fsp3) is 0.588. The number of alkyl halides is 3. The molecule has 0 spiro atoms. The van der Waals surface area contributed by atoms with Crippen molar-refractivity contribution in [1.29, 1.82) is 0 Å². The summed E-state index contributed by atoms with van der Waals surface area (Å²) < 4.78 is 38.4. The molecular weight excluding hydrogens is 351 g/mol. The number of benzene rings is 1. The Kier molecular flexibility index (Phi) is 4.92. The summed E-state index contributed by atoms with van der Waals surface area (Å²) in [7, 11) is 0. The van der Waals surface area contributed by atoms with Gasteiger partial charge in [-0.1, -0.05) is 6.42 Å². The largest absolute Gasteiger partial charge is 0.416 e. The van der Waals surface area contributed by atoms with Crippen molar-refractivity contribution in [1.82, 2.24) is 5.32 Å². The average Bonchev–Trinajstić information content (AvgIpc) is 2.54. The van der Waals surface area contributed by atoms with Crippen LogP contribution in [0.2, 0.25) is 0 Å². The number of rotatable bonds is 3. The second-order valence-corrected chi connectivity index (χ2v) is 7.17. The molecule has 9 heteroatoms. The highest BCUT2D eigenvalue weighted by atomic mass is 19.4. The maximum absolute atomic E-state index is 12.8. The lowest BCUT2D eigenvalue weighted by Crippen LogP contribution is -2.53. The number of carbonyl (C=O) groups is 1. The topological polar surface area (TPSA) is 98.3 Å². The highest BCUT2D eigenvalue weighted by molar-refractivity contribution is 5.98. The van der Waals surface area contributed by atoms with Crippen molar-refractivity contribution in [2.24, 2.45) is 17.6 Å². The molecule has 3 N–H and O–H groups in total. The molecule has 2 aliphatic rings.